The number of carbonyl (C=O) groups is 1. The minimum Gasteiger partial charge on any atom is -0.484 e. The molecule has 0 saturated heterocycles. The smallest absolute Gasteiger partial charge is 0.262 e. The summed E-state index contributed by atoms with van der Waals surface area (Å²) >= 11 is 6.24. The van der Waals surface area contributed by atoms with Crippen molar-refractivity contribution in [3.63, 3.8) is 0 Å². The molecule has 0 bridgehead atoms. The number of oxazole rings is 1. The maximum absolute atomic E-state index is 12.2. The number of anilines is 1. The first-order valence-electron chi connectivity index (χ1n) is 8.73. The van der Waals surface area contributed by atoms with Crippen LogP contribution in [0.4, 0.5) is 5.69 Å². The van der Waals surface area contributed by atoms with E-state index in [2.05, 4.69) is 10.3 Å². The van der Waals surface area contributed by atoms with Crippen molar-refractivity contribution in [3.05, 3.63) is 77.3 Å². The Kier molecular flexibility index (Phi) is 5.00. The van der Waals surface area contributed by atoms with Crippen molar-refractivity contribution in [2.75, 3.05) is 11.9 Å². The highest BCUT2D eigenvalue weighted by Gasteiger charge is 2.13. The summed E-state index contributed by atoms with van der Waals surface area (Å²) in [4.78, 5) is 16.8. The standard InChI is InChI=1S/C22H17ClN2O3/c1-14-7-10-20-19(11-14)25-22(28-20)15-8-9-17(23)18(12-15)24-21(26)13-27-16-5-3-2-4-6-16/h2-12H,13H2,1H3,(H,24,26). The first-order chi connectivity index (χ1) is 13.6. The summed E-state index contributed by atoms with van der Waals surface area (Å²) in [6.07, 6.45) is 0. The van der Waals surface area contributed by atoms with Crippen molar-refractivity contribution >= 4 is 34.3 Å². The van der Waals surface area contributed by atoms with Gasteiger partial charge in [-0.1, -0.05) is 35.9 Å². The normalized spacial score (nSPS) is 10.8. The van der Waals surface area contributed by atoms with E-state index in [0.717, 1.165) is 16.6 Å². The fourth-order valence-corrected chi connectivity index (χ4v) is 2.93. The van der Waals surface area contributed by atoms with Crippen LogP contribution in [0.2, 0.25) is 5.02 Å². The van der Waals surface area contributed by atoms with Crippen molar-refractivity contribution < 1.29 is 13.9 Å². The largest absolute Gasteiger partial charge is 0.484 e. The van der Waals surface area contributed by atoms with Crippen LogP contribution in [0.25, 0.3) is 22.6 Å². The van der Waals surface area contributed by atoms with E-state index in [1.165, 1.54) is 0 Å². The third-order valence-corrected chi connectivity index (χ3v) is 4.47. The van der Waals surface area contributed by atoms with E-state index in [-0.39, 0.29) is 12.5 Å². The van der Waals surface area contributed by atoms with Crippen molar-refractivity contribution in [2.45, 2.75) is 6.92 Å². The van der Waals surface area contributed by atoms with Gasteiger partial charge in [0.05, 0.1) is 10.7 Å². The quantitative estimate of drug-likeness (QED) is 0.488. The van der Waals surface area contributed by atoms with E-state index in [1.54, 1.807) is 30.3 Å². The number of para-hydroxylation sites is 1. The molecular weight excluding hydrogens is 376 g/mol. The first kappa shape index (κ1) is 18.1. The number of nitrogens with zero attached hydrogens (tertiary/aromatic N) is 1. The van der Waals surface area contributed by atoms with Gasteiger partial charge < -0.3 is 14.5 Å². The van der Waals surface area contributed by atoms with E-state index in [0.29, 0.717) is 27.9 Å². The van der Waals surface area contributed by atoms with E-state index in [9.17, 15) is 4.79 Å². The van der Waals surface area contributed by atoms with E-state index in [4.69, 9.17) is 20.8 Å². The van der Waals surface area contributed by atoms with Gasteiger partial charge in [-0.15, -0.1) is 0 Å². The second kappa shape index (κ2) is 7.74. The summed E-state index contributed by atoms with van der Waals surface area (Å²) in [7, 11) is 0. The van der Waals surface area contributed by atoms with Crippen LogP contribution in [0.15, 0.2) is 71.1 Å². The Balaban J connectivity index is 1.52. The van der Waals surface area contributed by atoms with Crippen LogP contribution in [-0.4, -0.2) is 17.5 Å². The lowest BCUT2D eigenvalue weighted by Crippen LogP contribution is -2.20. The molecule has 0 radical (unpaired) electrons. The molecule has 0 aliphatic rings. The average molecular weight is 393 g/mol. The number of amides is 1. The third-order valence-electron chi connectivity index (χ3n) is 4.14. The molecule has 1 aromatic heterocycles. The molecule has 0 saturated carbocycles. The molecule has 0 spiro atoms. The summed E-state index contributed by atoms with van der Waals surface area (Å²) in [5, 5.41) is 3.19. The van der Waals surface area contributed by atoms with Gasteiger partial charge in [0.15, 0.2) is 12.2 Å². The number of ether oxygens (including phenoxy) is 1. The van der Waals surface area contributed by atoms with Crippen LogP contribution in [0.3, 0.4) is 0 Å². The van der Waals surface area contributed by atoms with E-state index < -0.39 is 0 Å². The number of hydrogen-bond donors (Lipinski definition) is 1. The SMILES string of the molecule is Cc1ccc2oc(-c3ccc(Cl)c(NC(=O)COc4ccccc4)c3)nc2c1. The number of halogens is 1. The maximum atomic E-state index is 12.2. The molecule has 0 fully saturated rings. The lowest BCUT2D eigenvalue weighted by molar-refractivity contribution is -0.118. The Bertz CT molecular complexity index is 1140. The van der Waals surface area contributed by atoms with E-state index >= 15 is 0 Å². The molecule has 0 aliphatic heterocycles. The molecule has 140 valence electrons. The molecule has 4 rings (SSSR count). The van der Waals surface area contributed by atoms with Crippen molar-refractivity contribution in [1.29, 1.82) is 0 Å². The number of aromatic nitrogens is 1. The predicted octanol–water partition coefficient (Wildman–Crippen LogP) is 5.47. The molecule has 1 N–H and O–H groups in total. The molecule has 0 atom stereocenters. The number of carbonyl (C=O) groups excluding carboxylic acids is 1. The lowest BCUT2D eigenvalue weighted by Gasteiger charge is -2.09. The molecule has 5 nitrogen and oxygen atoms in total. The number of benzene rings is 3. The molecule has 0 unspecified atom stereocenters. The summed E-state index contributed by atoms with van der Waals surface area (Å²) in [6, 6.07) is 20.2. The highest BCUT2D eigenvalue weighted by Crippen LogP contribution is 2.30. The van der Waals surface area contributed by atoms with Crippen LogP contribution < -0.4 is 10.1 Å². The zero-order valence-electron chi connectivity index (χ0n) is 15.1. The first-order valence-corrected chi connectivity index (χ1v) is 9.11. The van der Waals surface area contributed by atoms with Crippen LogP contribution >= 0.6 is 11.6 Å². The topological polar surface area (TPSA) is 64.4 Å². The fraction of sp³-hybridized carbons (Fsp3) is 0.0909. The van der Waals surface area contributed by atoms with Crippen LogP contribution in [0.5, 0.6) is 5.75 Å². The molecular formula is C22H17ClN2O3. The highest BCUT2D eigenvalue weighted by atomic mass is 35.5. The van der Waals surface area contributed by atoms with E-state index in [1.807, 2.05) is 43.3 Å². The Morgan fingerprint density at radius 2 is 1.93 bits per heavy atom. The zero-order chi connectivity index (χ0) is 19.5. The lowest BCUT2D eigenvalue weighted by atomic mass is 10.2. The third kappa shape index (κ3) is 4.00. The number of fused-ring (bicyclic) bond motifs is 1. The van der Waals surface area contributed by atoms with Gasteiger partial charge in [-0.3, -0.25) is 4.79 Å². The Hall–Kier alpha value is -3.31. The second-order valence-electron chi connectivity index (χ2n) is 6.33. The molecule has 0 aliphatic carbocycles. The van der Waals surface area contributed by atoms with Gasteiger partial charge >= 0.3 is 0 Å². The van der Waals surface area contributed by atoms with Crippen LogP contribution in [0.1, 0.15) is 5.56 Å². The Morgan fingerprint density at radius 3 is 2.75 bits per heavy atom. The molecule has 3 aromatic carbocycles. The number of aryl methyl sites for hydroxylation is 1. The zero-order valence-corrected chi connectivity index (χ0v) is 15.9. The van der Waals surface area contributed by atoms with Gasteiger partial charge in [0.2, 0.25) is 5.89 Å². The van der Waals surface area contributed by atoms with Crippen molar-refractivity contribution in [3.8, 4) is 17.2 Å². The van der Waals surface area contributed by atoms with Gasteiger partial charge in [-0.25, -0.2) is 4.98 Å². The maximum Gasteiger partial charge on any atom is 0.262 e. The Morgan fingerprint density at radius 1 is 1.11 bits per heavy atom. The number of rotatable bonds is 5. The molecule has 1 amide bonds. The summed E-state index contributed by atoms with van der Waals surface area (Å²) in [6.45, 7) is 1.88. The molecule has 4 aromatic rings. The number of nitrogens with one attached hydrogen (secondary N) is 1. The van der Waals surface area contributed by atoms with Gasteiger partial charge in [-0.05, 0) is 55.0 Å². The average Bonchev–Trinajstić information content (AvgIpc) is 3.12. The predicted molar refractivity (Wildman–Crippen MR) is 110 cm³/mol. The monoisotopic (exact) mass is 392 g/mol. The number of hydrogen-bond acceptors (Lipinski definition) is 4. The minimum absolute atomic E-state index is 0.118. The van der Waals surface area contributed by atoms with Crippen molar-refractivity contribution in [2.24, 2.45) is 0 Å². The molecule has 1 heterocycles. The summed E-state index contributed by atoms with van der Waals surface area (Å²) < 4.78 is 11.3. The van der Waals surface area contributed by atoms with Crippen LogP contribution in [-0.2, 0) is 4.79 Å². The Labute approximate surface area is 166 Å². The van der Waals surface area contributed by atoms with Gasteiger partial charge in [0.25, 0.3) is 5.91 Å². The van der Waals surface area contributed by atoms with Crippen LogP contribution in [0, 0.1) is 6.92 Å². The molecule has 6 heteroatoms. The van der Waals surface area contributed by atoms with Crippen molar-refractivity contribution in [1.82, 2.24) is 4.98 Å². The summed E-state index contributed by atoms with van der Waals surface area (Å²) in [5.41, 5.74) is 3.79. The fourth-order valence-electron chi connectivity index (χ4n) is 2.77. The van der Waals surface area contributed by atoms with Gasteiger partial charge in [0.1, 0.15) is 11.3 Å². The second-order valence-corrected chi connectivity index (χ2v) is 6.74. The highest BCUT2D eigenvalue weighted by molar-refractivity contribution is 6.33. The summed E-state index contributed by atoms with van der Waals surface area (Å²) in [5.74, 6) is 0.781. The minimum atomic E-state index is -0.309. The van der Waals surface area contributed by atoms with Gasteiger partial charge in [0, 0.05) is 5.56 Å². The molecule has 28 heavy (non-hydrogen) atoms. The van der Waals surface area contributed by atoms with Gasteiger partial charge in [-0.2, -0.15) is 0 Å².